The summed E-state index contributed by atoms with van der Waals surface area (Å²) in [4.78, 5) is 24.8. The molecule has 0 saturated carbocycles. The number of carbonyl (C=O) groups excluding carboxylic acids is 2. The summed E-state index contributed by atoms with van der Waals surface area (Å²) < 4.78 is 1.44. The molecule has 1 aromatic rings. The second kappa shape index (κ2) is 4.14. The molecule has 0 fully saturated rings. The van der Waals surface area contributed by atoms with E-state index in [4.69, 9.17) is 0 Å². The molecule has 0 saturated heterocycles. The van der Waals surface area contributed by atoms with Gasteiger partial charge in [-0.2, -0.15) is 0 Å². The van der Waals surface area contributed by atoms with Gasteiger partial charge in [-0.1, -0.05) is 38.4 Å². The highest BCUT2D eigenvalue weighted by Gasteiger charge is 2.35. The Balaban J connectivity index is 2.50. The van der Waals surface area contributed by atoms with Crippen LogP contribution in [0.25, 0.3) is 0 Å². The van der Waals surface area contributed by atoms with Gasteiger partial charge in [0.25, 0.3) is 11.7 Å². The summed E-state index contributed by atoms with van der Waals surface area (Å²) >= 11 is 6.46. The molecule has 0 N–H and O–H groups in total. The summed E-state index contributed by atoms with van der Waals surface area (Å²) in [5, 5.41) is 0. The molecule has 2 rings (SSSR count). The number of fused-ring (bicyclic) bond motifs is 1. The van der Waals surface area contributed by atoms with Gasteiger partial charge in [-0.05, 0) is 18.2 Å². The quantitative estimate of drug-likeness (QED) is 0.773. The highest BCUT2D eigenvalue weighted by Crippen LogP contribution is 2.32. The smallest absolute Gasteiger partial charge is 0.299 e. The normalized spacial score (nSPS) is 14.2. The average molecular weight is 345 g/mol. The van der Waals surface area contributed by atoms with Gasteiger partial charge in [0.15, 0.2) is 0 Å². The lowest BCUT2D eigenvalue weighted by atomic mass is 10.1. The van der Waals surface area contributed by atoms with Crippen molar-refractivity contribution in [1.82, 2.24) is 0 Å². The van der Waals surface area contributed by atoms with Crippen LogP contribution in [0.1, 0.15) is 10.4 Å². The molecule has 0 unspecified atom stereocenters. The highest BCUT2D eigenvalue weighted by atomic mass is 79.9. The van der Waals surface area contributed by atoms with Gasteiger partial charge in [-0.3, -0.25) is 14.5 Å². The predicted molar refractivity (Wildman–Crippen MR) is 68.9 cm³/mol. The molecule has 16 heavy (non-hydrogen) atoms. The Morgan fingerprint density at radius 2 is 2.06 bits per heavy atom. The van der Waals surface area contributed by atoms with Crippen LogP contribution < -0.4 is 4.90 Å². The number of anilines is 1. The summed E-state index contributed by atoms with van der Waals surface area (Å²) in [7, 11) is 0. The van der Waals surface area contributed by atoms with Gasteiger partial charge in [0.1, 0.15) is 0 Å². The van der Waals surface area contributed by atoms with E-state index in [1.807, 2.05) is 0 Å². The van der Waals surface area contributed by atoms with Gasteiger partial charge in [-0.25, -0.2) is 0 Å². The highest BCUT2D eigenvalue weighted by molar-refractivity contribution is 9.11. The number of benzene rings is 1. The molecule has 1 amide bonds. The monoisotopic (exact) mass is 343 g/mol. The Morgan fingerprint density at radius 1 is 1.38 bits per heavy atom. The molecule has 1 heterocycles. The molecule has 1 aliphatic rings. The Labute approximate surface area is 109 Å². The number of amides is 1. The largest absolute Gasteiger partial charge is 0.300 e. The lowest BCUT2D eigenvalue weighted by Gasteiger charge is -2.15. The molecule has 3 nitrogen and oxygen atoms in total. The van der Waals surface area contributed by atoms with Crippen molar-refractivity contribution in [2.24, 2.45) is 0 Å². The maximum atomic E-state index is 11.7. The zero-order valence-corrected chi connectivity index (χ0v) is 11.3. The van der Waals surface area contributed by atoms with Crippen LogP contribution in [-0.4, -0.2) is 18.2 Å². The van der Waals surface area contributed by atoms with E-state index in [1.165, 1.54) is 4.90 Å². The summed E-state index contributed by atoms with van der Waals surface area (Å²) in [6.07, 6.45) is 0. The molecule has 0 bridgehead atoms. The van der Waals surface area contributed by atoms with Crippen molar-refractivity contribution in [3.8, 4) is 0 Å². The third-order valence-electron chi connectivity index (χ3n) is 2.26. The summed E-state index contributed by atoms with van der Waals surface area (Å²) in [6, 6.07) is 5.21. The number of hydrogen-bond acceptors (Lipinski definition) is 2. The van der Waals surface area contributed by atoms with E-state index in [0.29, 0.717) is 22.3 Å². The molecule has 0 aliphatic carbocycles. The topological polar surface area (TPSA) is 37.4 Å². The molecule has 1 aliphatic heterocycles. The van der Waals surface area contributed by atoms with Crippen LogP contribution >= 0.6 is 31.9 Å². The summed E-state index contributed by atoms with van der Waals surface area (Å²) in [6.45, 7) is 3.98. The molecular weight excluding hydrogens is 338 g/mol. The second-order valence-corrected chi connectivity index (χ2v) is 5.44. The summed E-state index contributed by atoms with van der Waals surface area (Å²) in [5.74, 6) is -0.973. The van der Waals surface area contributed by atoms with Crippen LogP contribution in [-0.2, 0) is 4.79 Å². The van der Waals surface area contributed by atoms with Gasteiger partial charge in [0.2, 0.25) is 0 Å². The Morgan fingerprint density at radius 3 is 2.69 bits per heavy atom. The zero-order chi connectivity index (χ0) is 11.9. The molecule has 1 aromatic carbocycles. The van der Waals surface area contributed by atoms with Crippen LogP contribution in [0, 0.1) is 0 Å². The molecule has 0 radical (unpaired) electrons. The Kier molecular flexibility index (Phi) is 2.99. The van der Waals surface area contributed by atoms with Crippen molar-refractivity contribution in [3.05, 3.63) is 39.3 Å². The van der Waals surface area contributed by atoms with Gasteiger partial charge in [-0.15, -0.1) is 0 Å². The number of ketones is 1. The van der Waals surface area contributed by atoms with Gasteiger partial charge in [0, 0.05) is 8.96 Å². The van der Waals surface area contributed by atoms with E-state index in [9.17, 15) is 9.59 Å². The van der Waals surface area contributed by atoms with Gasteiger partial charge >= 0.3 is 0 Å². The maximum absolute atomic E-state index is 11.7. The number of hydrogen-bond donors (Lipinski definition) is 0. The lowest BCUT2D eigenvalue weighted by molar-refractivity contribution is -0.114. The van der Waals surface area contributed by atoms with Crippen molar-refractivity contribution in [2.45, 2.75) is 0 Å². The fourth-order valence-corrected chi connectivity index (χ4v) is 2.21. The first-order valence-electron chi connectivity index (χ1n) is 4.49. The molecule has 5 heteroatoms. The number of nitrogens with zero attached hydrogens (tertiary/aromatic N) is 1. The second-order valence-electron chi connectivity index (χ2n) is 3.40. The Hall–Kier alpha value is -0.940. The van der Waals surface area contributed by atoms with E-state index < -0.39 is 11.7 Å². The number of Topliss-reactive ketones (excluding diaryl/α,β-unsaturated/α-hetero) is 1. The van der Waals surface area contributed by atoms with Crippen molar-refractivity contribution in [3.63, 3.8) is 0 Å². The van der Waals surface area contributed by atoms with E-state index in [0.717, 1.165) is 4.47 Å². The summed E-state index contributed by atoms with van der Waals surface area (Å²) in [5.41, 5.74) is 1.08. The Bertz CT molecular complexity index is 511. The van der Waals surface area contributed by atoms with Gasteiger partial charge in [0.05, 0.1) is 17.8 Å². The van der Waals surface area contributed by atoms with Crippen LogP contribution in [0.2, 0.25) is 0 Å². The molecule has 0 spiro atoms. The number of rotatable bonds is 2. The SMILES string of the molecule is C=C(Br)CN1C(=O)C(=O)c2cc(Br)ccc21. The van der Waals surface area contributed by atoms with E-state index in [-0.39, 0.29) is 0 Å². The minimum Gasteiger partial charge on any atom is -0.300 e. The van der Waals surface area contributed by atoms with Crippen LogP contribution in [0.5, 0.6) is 0 Å². The van der Waals surface area contributed by atoms with Gasteiger partial charge < -0.3 is 0 Å². The van der Waals surface area contributed by atoms with Crippen molar-refractivity contribution < 1.29 is 9.59 Å². The zero-order valence-electron chi connectivity index (χ0n) is 8.17. The molecule has 0 atom stereocenters. The fourth-order valence-electron chi connectivity index (χ4n) is 1.60. The standard InChI is InChI=1S/C11H7Br2NO2/c1-6(12)5-14-9-3-2-7(13)4-8(9)10(15)11(14)16/h2-4H,1,5H2. The number of halogens is 2. The molecule has 82 valence electrons. The first kappa shape index (κ1) is 11.5. The molecule has 0 aromatic heterocycles. The third kappa shape index (κ3) is 1.85. The van der Waals surface area contributed by atoms with E-state index >= 15 is 0 Å². The third-order valence-corrected chi connectivity index (χ3v) is 3.01. The van der Waals surface area contributed by atoms with E-state index in [1.54, 1.807) is 18.2 Å². The maximum Gasteiger partial charge on any atom is 0.299 e. The minimum absolute atomic E-state index is 0.305. The lowest BCUT2D eigenvalue weighted by Crippen LogP contribution is -2.30. The fraction of sp³-hybridized carbons (Fsp3) is 0.0909. The van der Waals surface area contributed by atoms with Crippen LogP contribution in [0.4, 0.5) is 5.69 Å². The number of carbonyl (C=O) groups is 2. The minimum atomic E-state index is -0.506. The van der Waals surface area contributed by atoms with Crippen molar-refractivity contribution in [1.29, 1.82) is 0 Å². The van der Waals surface area contributed by atoms with Crippen molar-refractivity contribution >= 4 is 49.2 Å². The van der Waals surface area contributed by atoms with E-state index in [2.05, 4.69) is 38.4 Å². The van der Waals surface area contributed by atoms with Crippen LogP contribution in [0.3, 0.4) is 0 Å². The first-order chi connectivity index (χ1) is 7.50. The van der Waals surface area contributed by atoms with Crippen LogP contribution in [0.15, 0.2) is 33.7 Å². The average Bonchev–Trinajstić information content (AvgIpc) is 2.43. The van der Waals surface area contributed by atoms with Crippen molar-refractivity contribution in [2.75, 3.05) is 11.4 Å². The predicted octanol–water partition coefficient (Wildman–Crippen LogP) is 2.89. The molecular formula is C11H7Br2NO2. The first-order valence-corrected chi connectivity index (χ1v) is 6.08.